The molecule has 8 nitrogen and oxygen atoms in total. The molecule has 0 radical (unpaired) electrons. The zero-order chi connectivity index (χ0) is 21.6. The van der Waals surface area contributed by atoms with Crippen LogP contribution in [0.25, 0.3) is 11.0 Å². The zero-order valence-electron chi connectivity index (χ0n) is 16.2. The summed E-state index contributed by atoms with van der Waals surface area (Å²) < 4.78 is 29.5. The van der Waals surface area contributed by atoms with Crippen LogP contribution >= 0.6 is 23.5 Å². The van der Waals surface area contributed by atoms with Crippen molar-refractivity contribution in [3.05, 3.63) is 66.8 Å². The van der Waals surface area contributed by atoms with Gasteiger partial charge in [-0.1, -0.05) is 36.0 Å². The number of benzene rings is 2. The van der Waals surface area contributed by atoms with E-state index in [-0.39, 0.29) is 24.0 Å². The summed E-state index contributed by atoms with van der Waals surface area (Å²) in [6.45, 7) is 4.21. The maximum atomic E-state index is 13.8. The van der Waals surface area contributed by atoms with Crippen LogP contribution in [0.15, 0.2) is 60.3 Å². The summed E-state index contributed by atoms with van der Waals surface area (Å²) in [4.78, 5) is 12.5. The molecule has 0 aliphatic carbocycles. The number of carbonyl (C=O) groups excluding carboxylic acids is 1. The van der Waals surface area contributed by atoms with Gasteiger partial charge in [0.05, 0.1) is 23.2 Å². The van der Waals surface area contributed by atoms with Crippen LogP contribution in [0.1, 0.15) is 5.82 Å². The lowest BCUT2D eigenvalue weighted by atomic mass is 10.2. The normalized spacial score (nSPS) is 10.9. The van der Waals surface area contributed by atoms with Crippen molar-refractivity contribution in [2.45, 2.75) is 18.3 Å². The summed E-state index contributed by atoms with van der Waals surface area (Å²) in [5.74, 6) is 0.105. The molecule has 11 heteroatoms. The molecule has 31 heavy (non-hydrogen) atoms. The van der Waals surface area contributed by atoms with Crippen LogP contribution in [-0.4, -0.2) is 35.2 Å². The quantitative estimate of drug-likeness (QED) is 0.301. The molecule has 2 aromatic carbocycles. The number of halogens is 1. The van der Waals surface area contributed by atoms with Gasteiger partial charge in [0.2, 0.25) is 5.91 Å². The third-order valence-corrected chi connectivity index (χ3v) is 5.70. The maximum absolute atomic E-state index is 13.8. The largest absolute Gasteiger partial charge is 0.483 e. The Morgan fingerprint density at radius 2 is 2.10 bits per heavy atom. The summed E-state index contributed by atoms with van der Waals surface area (Å²) in [5.41, 5.74) is 2.01. The van der Waals surface area contributed by atoms with E-state index in [4.69, 9.17) is 4.74 Å². The molecule has 0 atom stereocenters. The van der Waals surface area contributed by atoms with Gasteiger partial charge >= 0.3 is 0 Å². The smallest absolute Gasteiger partial charge is 0.234 e. The average Bonchev–Trinajstić information content (AvgIpc) is 3.40. The lowest BCUT2D eigenvalue weighted by Crippen LogP contribution is -2.15. The van der Waals surface area contributed by atoms with Crippen LogP contribution in [0, 0.1) is 5.82 Å². The molecule has 158 valence electrons. The summed E-state index contributed by atoms with van der Waals surface area (Å²) >= 11 is 2.33. The Hall–Kier alpha value is -3.31. The zero-order valence-corrected chi connectivity index (χ0v) is 17.8. The highest BCUT2D eigenvalue weighted by Crippen LogP contribution is 2.23. The molecular formula is C20H17FN6O2S2. The molecule has 0 fully saturated rings. The molecule has 4 aromatic rings. The first-order valence-electron chi connectivity index (χ1n) is 9.20. The first-order chi connectivity index (χ1) is 15.2. The monoisotopic (exact) mass is 456 g/mol. The van der Waals surface area contributed by atoms with Crippen molar-refractivity contribution in [1.82, 2.24) is 23.5 Å². The van der Waals surface area contributed by atoms with Crippen LogP contribution < -0.4 is 10.1 Å². The van der Waals surface area contributed by atoms with Crippen molar-refractivity contribution in [2.75, 3.05) is 11.1 Å². The van der Waals surface area contributed by atoms with E-state index in [1.54, 1.807) is 34.9 Å². The summed E-state index contributed by atoms with van der Waals surface area (Å²) in [6, 6.07) is 11.6. The molecule has 0 unspecified atom stereocenters. The predicted octanol–water partition coefficient (Wildman–Crippen LogP) is 3.92. The van der Waals surface area contributed by atoms with Crippen molar-refractivity contribution in [1.29, 1.82) is 0 Å². The van der Waals surface area contributed by atoms with Crippen molar-refractivity contribution in [3.8, 4) is 5.75 Å². The lowest BCUT2D eigenvalue weighted by molar-refractivity contribution is -0.113. The number of aromatic nitrogens is 5. The number of nitrogens with zero attached hydrogens (tertiary/aromatic N) is 5. The highest BCUT2D eigenvalue weighted by Gasteiger charge is 2.15. The van der Waals surface area contributed by atoms with E-state index in [1.807, 2.05) is 12.1 Å². The van der Waals surface area contributed by atoms with Crippen LogP contribution in [0.5, 0.6) is 5.75 Å². The molecule has 0 saturated carbocycles. The number of rotatable bonds is 9. The molecule has 1 amide bonds. The molecule has 0 spiro atoms. The first kappa shape index (κ1) is 20.9. The maximum Gasteiger partial charge on any atom is 0.234 e. The fraction of sp³-hybridized carbons (Fsp3) is 0.150. The number of hydrogen-bond acceptors (Lipinski definition) is 8. The molecular weight excluding hydrogens is 439 g/mol. The number of nitrogens with one attached hydrogen (secondary N) is 1. The SMILES string of the molecule is C=CCn1c(COc2ccccc2F)nnc1SCC(=O)Nc1cccc2nsnc12. The van der Waals surface area contributed by atoms with Gasteiger partial charge in [-0.05, 0) is 24.3 Å². The molecule has 0 saturated heterocycles. The number of anilines is 1. The van der Waals surface area contributed by atoms with Crippen LogP contribution in [0.2, 0.25) is 0 Å². The van der Waals surface area contributed by atoms with Gasteiger partial charge in [-0.25, -0.2) is 4.39 Å². The van der Waals surface area contributed by atoms with E-state index in [9.17, 15) is 9.18 Å². The second-order valence-electron chi connectivity index (χ2n) is 6.29. The Bertz CT molecular complexity index is 1230. The second-order valence-corrected chi connectivity index (χ2v) is 7.76. The lowest BCUT2D eigenvalue weighted by Gasteiger charge is -2.10. The van der Waals surface area contributed by atoms with Gasteiger partial charge in [-0.3, -0.25) is 9.36 Å². The highest BCUT2D eigenvalue weighted by atomic mass is 32.2. The minimum absolute atomic E-state index is 0.0351. The molecule has 0 bridgehead atoms. The van der Waals surface area contributed by atoms with Crippen molar-refractivity contribution in [2.24, 2.45) is 0 Å². The molecule has 4 rings (SSSR count). The third-order valence-electron chi connectivity index (χ3n) is 4.19. The molecule has 0 aliphatic heterocycles. The van der Waals surface area contributed by atoms with Gasteiger partial charge in [-0.2, -0.15) is 8.75 Å². The number of thioether (sulfide) groups is 1. The highest BCUT2D eigenvalue weighted by molar-refractivity contribution is 7.99. The van der Waals surface area contributed by atoms with E-state index in [0.717, 1.165) is 17.2 Å². The molecule has 2 aromatic heterocycles. The van der Waals surface area contributed by atoms with E-state index >= 15 is 0 Å². The Kier molecular flexibility index (Phi) is 6.53. The number of carbonyl (C=O) groups is 1. The summed E-state index contributed by atoms with van der Waals surface area (Å²) in [6.07, 6.45) is 1.69. The summed E-state index contributed by atoms with van der Waals surface area (Å²) in [5, 5.41) is 11.7. The fourth-order valence-corrected chi connectivity index (χ4v) is 4.09. The van der Waals surface area contributed by atoms with E-state index in [0.29, 0.717) is 28.7 Å². The Morgan fingerprint density at radius 1 is 1.23 bits per heavy atom. The number of amides is 1. The number of allylic oxidation sites excluding steroid dienone is 1. The molecule has 2 heterocycles. The van der Waals surface area contributed by atoms with E-state index in [1.165, 1.54) is 17.8 Å². The van der Waals surface area contributed by atoms with E-state index in [2.05, 4.69) is 30.8 Å². The van der Waals surface area contributed by atoms with Crippen molar-refractivity contribution >= 4 is 46.1 Å². The number of hydrogen-bond donors (Lipinski definition) is 1. The van der Waals surface area contributed by atoms with Gasteiger partial charge in [0.15, 0.2) is 22.5 Å². The molecule has 0 aliphatic rings. The van der Waals surface area contributed by atoms with Crippen LogP contribution in [-0.2, 0) is 17.9 Å². The average molecular weight is 457 g/mol. The van der Waals surface area contributed by atoms with Gasteiger partial charge in [0.25, 0.3) is 0 Å². The Morgan fingerprint density at radius 3 is 2.94 bits per heavy atom. The Labute approximate surface area is 185 Å². The minimum Gasteiger partial charge on any atom is -0.483 e. The topological polar surface area (TPSA) is 94.8 Å². The number of para-hydroxylation sites is 1. The standard InChI is InChI=1S/C20H17FN6O2S2/c1-2-10-27-17(11-29-16-9-4-3-6-13(16)21)23-24-20(27)30-12-18(28)22-14-7-5-8-15-19(14)26-31-25-15/h2-9H,1,10-12H2,(H,22,28). The number of ether oxygens (including phenoxy) is 1. The van der Waals surface area contributed by atoms with Gasteiger partial charge < -0.3 is 10.1 Å². The van der Waals surface area contributed by atoms with Gasteiger partial charge in [-0.15, -0.1) is 16.8 Å². The van der Waals surface area contributed by atoms with Crippen molar-refractivity contribution < 1.29 is 13.9 Å². The van der Waals surface area contributed by atoms with Crippen LogP contribution in [0.4, 0.5) is 10.1 Å². The number of fused-ring (bicyclic) bond motifs is 1. The van der Waals surface area contributed by atoms with Crippen molar-refractivity contribution in [3.63, 3.8) is 0 Å². The minimum atomic E-state index is -0.450. The summed E-state index contributed by atoms with van der Waals surface area (Å²) in [7, 11) is 0. The molecule has 1 N–H and O–H groups in total. The van der Waals surface area contributed by atoms with Gasteiger partial charge in [0.1, 0.15) is 17.6 Å². The predicted molar refractivity (Wildman–Crippen MR) is 118 cm³/mol. The van der Waals surface area contributed by atoms with E-state index < -0.39 is 5.82 Å². The van der Waals surface area contributed by atoms with Crippen LogP contribution in [0.3, 0.4) is 0 Å². The fourth-order valence-electron chi connectivity index (χ4n) is 2.77. The Balaban J connectivity index is 1.41. The third kappa shape index (κ3) is 4.89. The first-order valence-corrected chi connectivity index (χ1v) is 10.9. The van der Waals surface area contributed by atoms with Gasteiger partial charge in [0, 0.05) is 6.54 Å². The second kappa shape index (κ2) is 9.67.